The third-order valence-electron chi connectivity index (χ3n) is 6.40. The van der Waals surface area contributed by atoms with E-state index in [0.717, 1.165) is 35.4 Å². The van der Waals surface area contributed by atoms with Crippen molar-refractivity contribution in [2.24, 2.45) is 10.9 Å². The molecule has 1 aliphatic heterocycles. The largest absolute Gasteiger partial charge is 0.494 e. The first kappa shape index (κ1) is 22.7. The SMILES string of the molecule is C=C(C=C1CCC(CC)C1=CC)OCCC1=NC(C)(c2ccc(C)c(N)c2)SC1C. The first-order valence-electron chi connectivity index (χ1n) is 11.1. The van der Waals surface area contributed by atoms with Crippen LogP contribution in [0, 0.1) is 12.8 Å². The third-order valence-corrected chi connectivity index (χ3v) is 7.82. The predicted molar refractivity (Wildman–Crippen MR) is 132 cm³/mol. The fraction of sp³-hybridized carbons (Fsp3) is 0.500. The highest BCUT2D eigenvalue weighted by atomic mass is 32.2. The van der Waals surface area contributed by atoms with E-state index in [4.69, 9.17) is 15.5 Å². The summed E-state index contributed by atoms with van der Waals surface area (Å²) in [5.41, 5.74) is 13.3. The van der Waals surface area contributed by atoms with E-state index < -0.39 is 0 Å². The van der Waals surface area contributed by atoms with Crippen molar-refractivity contribution in [1.82, 2.24) is 0 Å². The molecule has 30 heavy (non-hydrogen) atoms. The zero-order chi connectivity index (χ0) is 21.9. The van der Waals surface area contributed by atoms with Crippen molar-refractivity contribution in [3.05, 3.63) is 65.0 Å². The van der Waals surface area contributed by atoms with E-state index in [-0.39, 0.29) is 4.87 Å². The zero-order valence-electron chi connectivity index (χ0n) is 19.1. The molecule has 2 N–H and O–H groups in total. The molecule has 1 heterocycles. The third kappa shape index (κ3) is 4.85. The van der Waals surface area contributed by atoms with Crippen molar-refractivity contribution in [2.45, 2.75) is 70.4 Å². The fourth-order valence-electron chi connectivity index (χ4n) is 4.54. The van der Waals surface area contributed by atoms with Crippen LogP contribution in [0.15, 0.2) is 58.8 Å². The second kappa shape index (κ2) is 9.47. The Morgan fingerprint density at radius 3 is 2.87 bits per heavy atom. The number of aryl methyl sites for hydroxylation is 1. The van der Waals surface area contributed by atoms with Crippen LogP contribution in [-0.2, 0) is 9.61 Å². The molecule has 1 fully saturated rings. The summed E-state index contributed by atoms with van der Waals surface area (Å²) in [4.78, 5) is 4.80. The van der Waals surface area contributed by atoms with Crippen LogP contribution in [0.1, 0.15) is 64.5 Å². The van der Waals surface area contributed by atoms with Gasteiger partial charge < -0.3 is 10.5 Å². The molecule has 0 bridgehead atoms. The number of hydrogen-bond donors (Lipinski definition) is 1. The Morgan fingerprint density at radius 2 is 2.20 bits per heavy atom. The molecule has 3 rings (SSSR count). The topological polar surface area (TPSA) is 47.6 Å². The molecular weight excluding hydrogens is 388 g/mol. The number of anilines is 1. The molecule has 0 aromatic heterocycles. The maximum Gasteiger partial charge on any atom is 0.129 e. The monoisotopic (exact) mass is 424 g/mol. The van der Waals surface area contributed by atoms with Gasteiger partial charge in [-0.05, 0) is 87.3 Å². The highest BCUT2D eigenvalue weighted by molar-refractivity contribution is 8.01. The fourth-order valence-corrected chi connectivity index (χ4v) is 5.97. The number of allylic oxidation sites excluding steroid dienone is 4. The molecule has 1 aromatic carbocycles. The summed E-state index contributed by atoms with van der Waals surface area (Å²) < 4.78 is 5.98. The molecule has 2 aliphatic rings. The van der Waals surface area contributed by atoms with Gasteiger partial charge in [0.1, 0.15) is 10.6 Å². The maximum absolute atomic E-state index is 6.14. The number of nitrogen functional groups attached to an aromatic ring is 1. The zero-order valence-corrected chi connectivity index (χ0v) is 19.9. The molecule has 4 heteroatoms. The average Bonchev–Trinajstić information content (AvgIpc) is 3.23. The smallest absolute Gasteiger partial charge is 0.129 e. The normalized spacial score (nSPS) is 28.9. The summed E-state index contributed by atoms with van der Waals surface area (Å²) in [6, 6.07) is 6.29. The van der Waals surface area contributed by atoms with Gasteiger partial charge in [-0.15, -0.1) is 11.8 Å². The summed E-state index contributed by atoms with van der Waals surface area (Å²) in [6.45, 7) is 15.6. The number of benzene rings is 1. The molecular formula is C26H36N2OS. The summed E-state index contributed by atoms with van der Waals surface area (Å²) in [6.07, 6.45) is 8.78. The lowest BCUT2D eigenvalue weighted by molar-refractivity contribution is 0.234. The first-order valence-corrected chi connectivity index (χ1v) is 12.0. The van der Waals surface area contributed by atoms with Crippen LogP contribution in [0.25, 0.3) is 0 Å². The van der Waals surface area contributed by atoms with E-state index in [9.17, 15) is 0 Å². The van der Waals surface area contributed by atoms with E-state index in [1.54, 1.807) is 0 Å². The summed E-state index contributed by atoms with van der Waals surface area (Å²) in [5, 5.41) is 0.363. The number of aliphatic imine (C=N–C) groups is 1. The van der Waals surface area contributed by atoms with Crippen LogP contribution >= 0.6 is 11.8 Å². The highest BCUT2D eigenvalue weighted by Crippen LogP contribution is 2.46. The average molecular weight is 425 g/mol. The van der Waals surface area contributed by atoms with E-state index in [1.807, 2.05) is 18.7 Å². The summed E-state index contributed by atoms with van der Waals surface area (Å²) in [7, 11) is 0. The Bertz CT molecular complexity index is 898. The quantitative estimate of drug-likeness (QED) is 0.381. The molecule has 0 spiro atoms. The number of hydrogen-bond acceptors (Lipinski definition) is 4. The molecule has 0 saturated heterocycles. The molecule has 3 unspecified atom stereocenters. The molecule has 1 aliphatic carbocycles. The van der Waals surface area contributed by atoms with Gasteiger partial charge in [0.15, 0.2) is 0 Å². The van der Waals surface area contributed by atoms with Crippen LogP contribution in [0.4, 0.5) is 5.69 Å². The second-order valence-electron chi connectivity index (χ2n) is 8.54. The maximum atomic E-state index is 6.14. The molecule has 3 nitrogen and oxygen atoms in total. The standard InChI is InChI=1S/C26H36N2OS/c1-7-20-10-11-21(23(20)8-2)15-18(4)29-14-13-25-19(5)30-26(6,28-25)22-12-9-17(3)24(27)16-22/h8-9,12,15-16,19-20H,4,7,10-11,13-14,27H2,1-3,5-6H3. The van der Waals surface area contributed by atoms with Crippen LogP contribution in [0.2, 0.25) is 0 Å². The van der Waals surface area contributed by atoms with Gasteiger partial charge in [-0.3, -0.25) is 4.99 Å². The van der Waals surface area contributed by atoms with Gasteiger partial charge in [-0.1, -0.05) is 31.7 Å². The lowest BCUT2D eigenvalue weighted by Gasteiger charge is -2.22. The number of nitrogens with two attached hydrogens (primary N) is 1. The predicted octanol–water partition coefficient (Wildman–Crippen LogP) is 6.94. The van der Waals surface area contributed by atoms with E-state index >= 15 is 0 Å². The second-order valence-corrected chi connectivity index (χ2v) is 10.3. The number of thioether (sulfide) groups is 1. The molecule has 3 atom stereocenters. The van der Waals surface area contributed by atoms with Gasteiger partial charge in [0.05, 0.1) is 6.61 Å². The minimum atomic E-state index is -0.282. The van der Waals surface area contributed by atoms with Crippen molar-refractivity contribution in [1.29, 1.82) is 0 Å². The van der Waals surface area contributed by atoms with Crippen molar-refractivity contribution in [3.63, 3.8) is 0 Å². The van der Waals surface area contributed by atoms with Crippen molar-refractivity contribution >= 4 is 23.2 Å². The Balaban J connectivity index is 1.60. The van der Waals surface area contributed by atoms with Crippen molar-refractivity contribution in [2.75, 3.05) is 12.3 Å². The number of rotatable bonds is 7. The van der Waals surface area contributed by atoms with Gasteiger partial charge in [0, 0.05) is 23.1 Å². The first-order chi connectivity index (χ1) is 14.3. The van der Waals surface area contributed by atoms with Crippen LogP contribution in [0.5, 0.6) is 0 Å². The Kier molecular flexibility index (Phi) is 7.18. The van der Waals surface area contributed by atoms with Crippen molar-refractivity contribution < 1.29 is 4.74 Å². The molecule has 1 aromatic rings. The molecule has 1 saturated carbocycles. The Morgan fingerprint density at radius 1 is 1.43 bits per heavy atom. The van der Waals surface area contributed by atoms with Gasteiger partial charge in [-0.2, -0.15) is 0 Å². The lowest BCUT2D eigenvalue weighted by atomic mass is 9.98. The van der Waals surface area contributed by atoms with Crippen LogP contribution in [0.3, 0.4) is 0 Å². The van der Waals surface area contributed by atoms with E-state index in [2.05, 4.69) is 64.6 Å². The molecule has 162 valence electrons. The van der Waals surface area contributed by atoms with Crippen LogP contribution in [-0.4, -0.2) is 17.6 Å². The van der Waals surface area contributed by atoms with E-state index in [0.29, 0.717) is 17.8 Å². The number of nitrogens with zero attached hydrogens (tertiary/aromatic N) is 1. The van der Waals surface area contributed by atoms with E-state index in [1.165, 1.54) is 29.7 Å². The number of ether oxygens (including phenoxy) is 1. The van der Waals surface area contributed by atoms with Gasteiger partial charge >= 0.3 is 0 Å². The Labute approximate surface area is 186 Å². The van der Waals surface area contributed by atoms with Crippen LogP contribution < -0.4 is 5.73 Å². The minimum absolute atomic E-state index is 0.282. The molecule has 0 amide bonds. The summed E-state index contributed by atoms with van der Waals surface area (Å²) >= 11 is 1.88. The lowest BCUT2D eigenvalue weighted by Crippen LogP contribution is -2.12. The van der Waals surface area contributed by atoms with Crippen molar-refractivity contribution in [3.8, 4) is 0 Å². The van der Waals surface area contributed by atoms with Gasteiger partial charge in [0.25, 0.3) is 0 Å². The molecule has 0 radical (unpaired) electrons. The van der Waals surface area contributed by atoms with Gasteiger partial charge in [-0.25, -0.2) is 0 Å². The Hall–Kier alpha value is -1.94. The summed E-state index contributed by atoms with van der Waals surface area (Å²) in [5.74, 6) is 1.45. The minimum Gasteiger partial charge on any atom is -0.494 e. The van der Waals surface area contributed by atoms with Gasteiger partial charge in [0.2, 0.25) is 0 Å². The highest BCUT2D eigenvalue weighted by Gasteiger charge is 2.37.